The third kappa shape index (κ3) is 2.46. The number of amides is 2. The maximum absolute atomic E-state index is 11.8. The molecule has 0 radical (unpaired) electrons. The Kier molecular flexibility index (Phi) is 3.82. The second-order valence-electron chi connectivity index (χ2n) is 4.78. The van der Waals surface area contributed by atoms with Crippen LogP contribution < -0.4 is 0 Å². The third-order valence-corrected chi connectivity index (χ3v) is 3.56. The molecule has 2 aliphatic rings. The summed E-state index contributed by atoms with van der Waals surface area (Å²) in [7, 11) is 0. The Morgan fingerprint density at radius 1 is 1.39 bits per heavy atom. The van der Waals surface area contributed by atoms with Crippen LogP contribution in [0.25, 0.3) is 4.85 Å². The van der Waals surface area contributed by atoms with E-state index in [9.17, 15) is 14.7 Å². The van der Waals surface area contributed by atoms with Gasteiger partial charge in [-0.05, 0) is 12.8 Å². The molecule has 0 aromatic rings. The summed E-state index contributed by atoms with van der Waals surface area (Å²) in [5, 5.41) is 9.96. The molecule has 0 aromatic heterocycles. The summed E-state index contributed by atoms with van der Waals surface area (Å²) < 4.78 is 0. The van der Waals surface area contributed by atoms with E-state index in [1.54, 1.807) is 9.80 Å². The summed E-state index contributed by atoms with van der Waals surface area (Å²) in [5.41, 5.74) is 0. The van der Waals surface area contributed by atoms with Crippen LogP contribution in [0.2, 0.25) is 0 Å². The standard InChI is InChI=1S/C12H18N3O3/c1-13-9(8-15-5-2-4-10(15)16)11(17)12(18)14-6-3-7-14/h1,9,11,17H,2-8H2/q+1/t9-,11?/m0/s1. The van der Waals surface area contributed by atoms with Gasteiger partial charge in [0.15, 0.2) is 0 Å². The predicted octanol–water partition coefficient (Wildman–Crippen LogP) is -0.467. The molecular weight excluding hydrogens is 234 g/mol. The zero-order valence-electron chi connectivity index (χ0n) is 10.3. The van der Waals surface area contributed by atoms with Crippen molar-refractivity contribution >= 4 is 11.8 Å². The maximum Gasteiger partial charge on any atom is 0.323 e. The number of carbonyl (C=O) groups is 2. The first-order valence-electron chi connectivity index (χ1n) is 6.28. The van der Waals surface area contributed by atoms with Crippen molar-refractivity contribution in [3.63, 3.8) is 0 Å². The lowest BCUT2D eigenvalue weighted by atomic mass is 10.1. The van der Waals surface area contributed by atoms with Crippen LogP contribution in [0.3, 0.4) is 0 Å². The number of hydrogen-bond acceptors (Lipinski definition) is 3. The second-order valence-corrected chi connectivity index (χ2v) is 4.78. The van der Waals surface area contributed by atoms with Crippen molar-refractivity contribution in [1.82, 2.24) is 9.80 Å². The first-order valence-corrected chi connectivity index (χ1v) is 6.28. The number of rotatable bonds is 4. The molecule has 0 saturated carbocycles. The smallest absolute Gasteiger partial charge is 0.323 e. The molecule has 2 heterocycles. The van der Waals surface area contributed by atoms with Crippen LogP contribution >= 0.6 is 0 Å². The minimum absolute atomic E-state index is 0.0345. The number of carbonyl (C=O) groups excluding carboxylic acids is 2. The van der Waals surface area contributed by atoms with Gasteiger partial charge in [0.05, 0.1) is 0 Å². The Balaban J connectivity index is 1.93. The van der Waals surface area contributed by atoms with E-state index in [0.717, 1.165) is 12.8 Å². The van der Waals surface area contributed by atoms with Crippen LogP contribution in [0.15, 0.2) is 0 Å². The number of aliphatic hydroxyl groups is 1. The number of likely N-dealkylation sites (tertiary alicyclic amines) is 2. The van der Waals surface area contributed by atoms with Crippen molar-refractivity contribution in [2.24, 2.45) is 0 Å². The van der Waals surface area contributed by atoms with Gasteiger partial charge in [0.2, 0.25) is 12.0 Å². The Labute approximate surface area is 106 Å². The highest BCUT2D eigenvalue weighted by Gasteiger charge is 2.40. The molecule has 0 spiro atoms. The largest absolute Gasteiger partial charge is 0.376 e. The topological polar surface area (TPSA) is 65.2 Å². The van der Waals surface area contributed by atoms with E-state index >= 15 is 0 Å². The first-order chi connectivity index (χ1) is 8.63. The summed E-state index contributed by atoms with van der Waals surface area (Å²) in [6, 6.07) is -0.736. The van der Waals surface area contributed by atoms with Crippen LogP contribution in [0.4, 0.5) is 0 Å². The van der Waals surface area contributed by atoms with Crippen LogP contribution in [-0.2, 0) is 9.59 Å². The minimum Gasteiger partial charge on any atom is -0.376 e. The Morgan fingerprint density at radius 2 is 2.11 bits per heavy atom. The summed E-state index contributed by atoms with van der Waals surface area (Å²) in [6.45, 7) is 7.47. The SMILES string of the molecule is C#[N+][C@@H](CN1CCCC1=O)C(O)C(=O)N1CCC1. The van der Waals surface area contributed by atoms with Gasteiger partial charge in [0, 0.05) is 26.1 Å². The number of nitrogens with zero attached hydrogens (tertiary/aromatic N) is 3. The molecular formula is C12H18N3O3+. The lowest BCUT2D eigenvalue weighted by Gasteiger charge is -2.32. The normalized spacial score (nSPS) is 22.3. The van der Waals surface area contributed by atoms with Crippen LogP contribution in [0.1, 0.15) is 19.3 Å². The van der Waals surface area contributed by atoms with Gasteiger partial charge in [-0.3, -0.25) is 9.59 Å². The van der Waals surface area contributed by atoms with Crippen molar-refractivity contribution in [2.45, 2.75) is 31.4 Å². The van der Waals surface area contributed by atoms with Gasteiger partial charge in [0.25, 0.3) is 12.5 Å². The minimum atomic E-state index is -1.25. The van der Waals surface area contributed by atoms with E-state index in [0.29, 0.717) is 26.1 Å². The van der Waals surface area contributed by atoms with Crippen LogP contribution in [0.5, 0.6) is 0 Å². The molecule has 2 aliphatic heterocycles. The molecule has 2 amide bonds. The molecule has 98 valence electrons. The zero-order chi connectivity index (χ0) is 13.1. The molecule has 2 atom stereocenters. The van der Waals surface area contributed by atoms with E-state index in [2.05, 4.69) is 4.85 Å². The monoisotopic (exact) mass is 252 g/mol. The van der Waals surface area contributed by atoms with Gasteiger partial charge in [0.1, 0.15) is 6.54 Å². The summed E-state index contributed by atoms with van der Waals surface area (Å²) >= 11 is 0. The van der Waals surface area contributed by atoms with Gasteiger partial charge in [-0.1, -0.05) is 4.85 Å². The quantitative estimate of drug-likeness (QED) is 0.736. The van der Waals surface area contributed by atoms with Crippen molar-refractivity contribution < 1.29 is 14.7 Å². The molecule has 18 heavy (non-hydrogen) atoms. The summed E-state index contributed by atoms with van der Waals surface area (Å²) in [4.78, 5) is 30.1. The van der Waals surface area contributed by atoms with Gasteiger partial charge < -0.3 is 14.9 Å². The number of hydrogen-bond donors (Lipinski definition) is 1. The lowest BCUT2D eigenvalue weighted by molar-refractivity contribution is -0.145. The van der Waals surface area contributed by atoms with Gasteiger partial charge in [-0.25, -0.2) is 0 Å². The van der Waals surface area contributed by atoms with E-state index in [-0.39, 0.29) is 18.4 Å². The van der Waals surface area contributed by atoms with Gasteiger partial charge in [-0.2, -0.15) is 0 Å². The third-order valence-electron chi connectivity index (χ3n) is 3.56. The van der Waals surface area contributed by atoms with E-state index in [4.69, 9.17) is 6.57 Å². The summed E-state index contributed by atoms with van der Waals surface area (Å²) in [5.74, 6) is -0.306. The van der Waals surface area contributed by atoms with E-state index < -0.39 is 12.1 Å². The average Bonchev–Trinajstić information content (AvgIpc) is 2.68. The maximum atomic E-state index is 11.8. The van der Waals surface area contributed by atoms with Crippen molar-refractivity contribution in [3.05, 3.63) is 4.85 Å². The molecule has 2 rings (SSSR count). The second kappa shape index (κ2) is 5.36. The van der Waals surface area contributed by atoms with Crippen molar-refractivity contribution in [1.29, 1.82) is 0 Å². The molecule has 0 aromatic carbocycles. The average molecular weight is 252 g/mol. The first kappa shape index (κ1) is 12.8. The number of aliphatic hydroxyl groups excluding tert-OH is 1. The fourth-order valence-electron chi connectivity index (χ4n) is 2.24. The summed E-state index contributed by atoms with van der Waals surface area (Å²) in [6.07, 6.45) is 1.05. The van der Waals surface area contributed by atoms with Crippen LogP contribution in [-0.4, -0.2) is 65.0 Å². The predicted molar refractivity (Wildman–Crippen MR) is 65.1 cm³/mol. The zero-order valence-corrected chi connectivity index (χ0v) is 10.3. The van der Waals surface area contributed by atoms with Crippen LogP contribution in [0, 0.1) is 6.57 Å². The Hall–Kier alpha value is -1.61. The molecule has 6 heteroatoms. The molecule has 2 fully saturated rings. The highest BCUT2D eigenvalue weighted by Crippen LogP contribution is 2.15. The van der Waals surface area contributed by atoms with E-state index in [1.807, 2.05) is 0 Å². The fraction of sp³-hybridized carbons (Fsp3) is 0.750. The van der Waals surface area contributed by atoms with Crippen molar-refractivity contribution in [3.8, 4) is 6.57 Å². The lowest BCUT2D eigenvalue weighted by Crippen LogP contribution is -2.52. The molecule has 0 bridgehead atoms. The van der Waals surface area contributed by atoms with Crippen molar-refractivity contribution in [2.75, 3.05) is 26.2 Å². The molecule has 0 aliphatic carbocycles. The Morgan fingerprint density at radius 3 is 2.56 bits per heavy atom. The van der Waals surface area contributed by atoms with E-state index in [1.165, 1.54) is 0 Å². The fourth-order valence-corrected chi connectivity index (χ4v) is 2.24. The molecule has 1 unspecified atom stereocenters. The highest BCUT2D eigenvalue weighted by molar-refractivity contribution is 5.83. The van der Waals surface area contributed by atoms with Gasteiger partial charge in [-0.15, -0.1) is 0 Å². The molecule has 6 nitrogen and oxygen atoms in total. The molecule has 2 saturated heterocycles. The highest BCUT2D eigenvalue weighted by atomic mass is 16.3. The molecule has 1 N–H and O–H groups in total. The van der Waals surface area contributed by atoms with Gasteiger partial charge >= 0.3 is 6.04 Å². The Bertz CT molecular complexity index is 387.